The zero-order valence-electron chi connectivity index (χ0n) is 17.0. The molecule has 0 aliphatic carbocycles. The molecule has 2 aromatic carbocycles. The van der Waals surface area contributed by atoms with E-state index in [2.05, 4.69) is 56.9 Å². The van der Waals surface area contributed by atoms with E-state index in [-0.39, 0.29) is 0 Å². The molecule has 1 N–H and O–H groups in total. The Labute approximate surface area is 176 Å². The Kier molecular flexibility index (Phi) is 6.35. The number of aryl methyl sites for hydroxylation is 2. The first-order chi connectivity index (χ1) is 14.8. The summed E-state index contributed by atoms with van der Waals surface area (Å²) in [5.41, 5.74) is 3.43. The highest BCUT2D eigenvalue weighted by Gasteiger charge is 2.05. The molecule has 0 fully saturated rings. The first-order valence-electron chi connectivity index (χ1n) is 10.1. The summed E-state index contributed by atoms with van der Waals surface area (Å²) >= 11 is 0. The van der Waals surface area contributed by atoms with Gasteiger partial charge in [-0.25, -0.2) is 4.98 Å². The molecule has 0 saturated carbocycles. The van der Waals surface area contributed by atoms with Crippen LogP contribution in [0.1, 0.15) is 17.5 Å². The number of benzene rings is 2. The number of nitrogens with zero attached hydrogens (tertiary/aromatic N) is 4. The molecule has 6 nitrogen and oxygen atoms in total. The van der Waals surface area contributed by atoms with Gasteiger partial charge in [-0.05, 0) is 48.2 Å². The van der Waals surface area contributed by atoms with Gasteiger partial charge in [0.05, 0.1) is 6.61 Å². The van der Waals surface area contributed by atoms with E-state index in [1.165, 1.54) is 5.56 Å². The average Bonchev–Trinajstić information content (AvgIpc) is 3.22. The second kappa shape index (κ2) is 9.69. The van der Waals surface area contributed by atoms with E-state index in [4.69, 9.17) is 4.74 Å². The highest BCUT2D eigenvalue weighted by Crippen LogP contribution is 2.18. The minimum absolute atomic E-state index is 0.678. The van der Waals surface area contributed by atoms with Crippen molar-refractivity contribution in [2.75, 3.05) is 11.9 Å². The van der Waals surface area contributed by atoms with Gasteiger partial charge in [-0.2, -0.15) is 0 Å². The lowest BCUT2D eigenvalue weighted by atomic mass is 10.1. The number of ether oxygens (including phenoxy) is 1. The van der Waals surface area contributed by atoms with Crippen molar-refractivity contribution in [2.45, 2.75) is 19.4 Å². The third kappa shape index (κ3) is 5.23. The van der Waals surface area contributed by atoms with E-state index in [0.717, 1.165) is 41.4 Å². The quantitative estimate of drug-likeness (QED) is 0.420. The van der Waals surface area contributed by atoms with E-state index in [9.17, 15) is 0 Å². The fraction of sp³-hybridized carbons (Fsp3) is 0.208. The zero-order chi connectivity index (χ0) is 20.6. The van der Waals surface area contributed by atoms with Crippen LogP contribution in [0.3, 0.4) is 0 Å². The second-order valence-corrected chi connectivity index (χ2v) is 7.14. The fourth-order valence-corrected chi connectivity index (χ4v) is 3.22. The number of hydrogen-bond donors (Lipinski definition) is 1. The molecular formula is C24H25N5O. The van der Waals surface area contributed by atoms with Crippen LogP contribution in [0, 0.1) is 0 Å². The average molecular weight is 399 g/mol. The Morgan fingerprint density at radius 3 is 2.60 bits per heavy atom. The summed E-state index contributed by atoms with van der Waals surface area (Å²) in [6.07, 6.45) is 5.50. The summed E-state index contributed by atoms with van der Waals surface area (Å²) in [5.74, 6) is 2.51. The number of pyridine rings is 1. The predicted octanol–water partition coefficient (Wildman–Crippen LogP) is 4.50. The van der Waals surface area contributed by atoms with Crippen LogP contribution in [0.4, 0.5) is 5.82 Å². The van der Waals surface area contributed by atoms with Crippen molar-refractivity contribution in [3.63, 3.8) is 0 Å². The smallest absolute Gasteiger partial charge is 0.165 e. The minimum Gasteiger partial charge on any atom is -0.494 e. The van der Waals surface area contributed by atoms with Crippen LogP contribution in [0.15, 0.2) is 79.3 Å². The largest absolute Gasteiger partial charge is 0.494 e. The van der Waals surface area contributed by atoms with Crippen LogP contribution in [0.25, 0.3) is 11.4 Å². The van der Waals surface area contributed by atoms with E-state index >= 15 is 0 Å². The lowest BCUT2D eigenvalue weighted by Crippen LogP contribution is -2.03. The van der Waals surface area contributed by atoms with Gasteiger partial charge in [0, 0.05) is 25.4 Å². The van der Waals surface area contributed by atoms with E-state index in [1.807, 2.05) is 41.9 Å². The van der Waals surface area contributed by atoms with Crippen molar-refractivity contribution in [1.82, 2.24) is 19.7 Å². The number of aromatic nitrogens is 4. The van der Waals surface area contributed by atoms with E-state index in [0.29, 0.717) is 13.2 Å². The van der Waals surface area contributed by atoms with Gasteiger partial charge >= 0.3 is 0 Å². The summed E-state index contributed by atoms with van der Waals surface area (Å²) in [6, 6.07) is 22.6. The van der Waals surface area contributed by atoms with Crippen molar-refractivity contribution in [3.8, 4) is 17.1 Å². The van der Waals surface area contributed by atoms with Crippen LogP contribution in [0.5, 0.6) is 5.75 Å². The third-order valence-electron chi connectivity index (χ3n) is 4.83. The summed E-state index contributed by atoms with van der Waals surface area (Å²) in [5, 5.41) is 11.4. The Morgan fingerprint density at radius 1 is 0.967 bits per heavy atom. The van der Waals surface area contributed by atoms with Crippen LogP contribution in [-0.2, 0) is 20.0 Å². The van der Waals surface area contributed by atoms with E-state index in [1.54, 1.807) is 12.5 Å². The van der Waals surface area contributed by atoms with Gasteiger partial charge in [-0.1, -0.05) is 42.5 Å². The van der Waals surface area contributed by atoms with Crippen molar-refractivity contribution >= 4 is 5.82 Å². The molecule has 152 valence electrons. The third-order valence-corrected chi connectivity index (χ3v) is 4.83. The SMILES string of the molecule is Cn1cnnc1-c1ccc(NCc2cccc(OCCCc3ccccc3)c2)nc1. The van der Waals surface area contributed by atoms with Gasteiger partial charge in [-0.15, -0.1) is 10.2 Å². The van der Waals surface area contributed by atoms with Gasteiger partial charge in [0.25, 0.3) is 0 Å². The van der Waals surface area contributed by atoms with Gasteiger partial charge in [0.15, 0.2) is 5.82 Å². The summed E-state index contributed by atoms with van der Waals surface area (Å²) in [4.78, 5) is 4.48. The molecule has 2 aromatic heterocycles. The molecule has 0 aliphatic rings. The van der Waals surface area contributed by atoms with Crippen LogP contribution >= 0.6 is 0 Å². The zero-order valence-corrected chi connectivity index (χ0v) is 17.0. The van der Waals surface area contributed by atoms with Crippen molar-refractivity contribution in [2.24, 2.45) is 7.05 Å². The molecule has 6 heteroatoms. The normalized spacial score (nSPS) is 10.7. The van der Waals surface area contributed by atoms with Gasteiger partial charge in [-0.3, -0.25) is 0 Å². The lowest BCUT2D eigenvalue weighted by molar-refractivity contribution is 0.311. The molecule has 0 amide bonds. The number of hydrogen-bond acceptors (Lipinski definition) is 5. The van der Waals surface area contributed by atoms with Crippen LogP contribution in [0.2, 0.25) is 0 Å². The summed E-state index contributed by atoms with van der Waals surface area (Å²) in [7, 11) is 1.91. The van der Waals surface area contributed by atoms with Crippen molar-refractivity contribution < 1.29 is 4.74 Å². The standard InChI is InChI=1S/C24H25N5O/c1-29-18-27-28-24(29)21-12-13-23(26-17-21)25-16-20-9-5-11-22(15-20)30-14-6-10-19-7-3-2-4-8-19/h2-5,7-9,11-13,15,17-18H,6,10,14,16H2,1H3,(H,25,26). The van der Waals surface area contributed by atoms with E-state index < -0.39 is 0 Å². The molecule has 0 unspecified atom stereocenters. The molecule has 30 heavy (non-hydrogen) atoms. The molecule has 0 spiro atoms. The van der Waals surface area contributed by atoms with Gasteiger partial charge < -0.3 is 14.6 Å². The molecule has 4 rings (SSSR count). The Bertz CT molecular complexity index is 1060. The molecule has 0 radical (unpaired) electrons. The highest BCUT2D eigenvalue weighted by atomic mass is 16.5. The first-order valence-corrected chi connectivity index (χ1v) is 10.1. The summed E-state index contributed by atoms with van der Waals surface area (Å²) in [6.45, 7) is 1.38. The van der Waals surface area contributed by atoms with Crippen LogP contribution in [-0.4, -0.2) is 26.4 Å². The number of nitrogens with one attached hydrogen (secondary N) is 1. The maximum atomic E-state index is 5.93. The molecule has 0 bridgehead atoms. The van der Waals surface area contributed by atoms with Crippen molar-refractivity contribution in [3.05, 3.63) is 90.4 Å². The summed E-state index contributed by atoms with van der Waals surface area (Å²) < 4.78 is 7.80. The second-order valence-electron chi connectivity index (χ2n) is 7.14. The fourth-order valence-electron chi connectivity index (χ4n) is 3.22. The number of rotatable bonds is 9. The molecule has 2 heterocycles. The topological polar surface area (TPSA) is 64.9 Å². The Balaban J connectivity index is 1.26. The number of anilines is 1. The van der Waals surface area contributed by atoms with Gasteiger partial charge in [0.1, 0.15) is 17.9 Å². The Morgan fingerprint density at radius 2 is 1.83 bits per heavy atom. The maximum Gasteiger partial charge on any atom is 0.165 e. The lowest BCUT2D eigenvalue weighted by Gasteiger charge is -2.10. The first kappa shape index (κ1) is 19.6. The van der Waals surface area contributed by atoms with Crippen LogP contribution < -0.4 is 10.1 Å². The predicted molar refractivity (Wildman–Crippen MR) is 118 cm³/mol. The molecule has 0 atom stereocenters. The molecule has 4 aromatic rings. The van der Waals surface area contributed by atoms with Crippen molar-refractivity contribution in [1.29, 1.82) is 0 Å². The molecule has 0 saturated heterocycles. The Hall–Kier alpha value is -3.67. The van der Waals surface area contributed by atoms with Gasteiger partial charge in [0.2, 0.25) is 0 Å². The minimum atomic E-state index is 0.678. The monoisotopic (exact) mass is 399 g/mol. The molecular weight excluding hydrogens is 374 g/mol. The molecule has 0 aliphatic heterocycles. The maximum absolute atomic E-state index is 5.93. The highest BCUT2D eigenvalue weighted by molar-refractivity contribution is 5.56.